The second-order valence-corrected chi connectivity index (χ2v) is 10.2. The number of aryl methyl sites for hydroxylation is 2. The van der Waals surface area contributed by atoms with Gasteiger partial charge in [0.1, 0.15) is 5.69 Å². The number of hydrogen-bond acceptors (Lipinski definition) is 3. The molecule has 1 unspecified atom stereocenters. The molecule has 1 aromatic heterocycles. The van der Waals surface area contributed by atoms with Crippen LogP contribution in [0, 0.1) is 13.8 Å². The van der Waals surface area contributed by atoms with Crippen LogP contribution in [0.4, 0.5) is 0 Å². The minimum absolute atomic E-state index is 0.334. The fraction of sp³-hybridized carbons (Fsp3) is 0.448. The summed E-state index contributed by atoms with van der Waals surface area (Å²) in [5, 5.41) is 8.71. The molecule has 1 heterocycles. The van der Waals surface area contributed by atoms with E-state index in [1.165, 1.54) is 41.6 Å². The molecule has 34 heavy (non-hydrogen) atoms. The maximum Gasteiger partial charge on any atom is 0.170 e. The van der Waals surface area contributed by atoms with Crippen LogP contribution in [0.25, 0.3) is 5.69 Å². The molecule has 5 rings (SSSR count). The van der Waals surface area contributed by atoms with E-state index in [-0.39, 0.29) is 0 Å². The monoisotopic (exact) mass is 477 g/mol. The van der Waals surface area contributed by atoms with Crippen molar-refractivity contribution < 1.29 is 4.79 Å². The number of carbonyl (C=O) groups excluding carboxylic acids is 1. The Morgan fingerprint density at radius 1 is 1.06 bits per heavy atom. The molecule has 0 spiro atoms. The molecule has 0 aliphatic heterocycles. The van der Waals surface area contributed by atoms with Gasteiger partial charge in [-0.2, -0.15) is 5.10 Å². The third-order valence-corrected chi connectivity index (χ3v) is 7.52. The highest BCUT2D eigenvalue weighted by molar-refractivity contribution is 6.30. The van der Waals surface area contributed by atoms with Gasteiger partial charge in [-0.3, -0.25) is 4.79 Å². The molecular formula is C29H36ClN3O. The molecule has 5 heteroatoms. The van der Waals surface area contributed by atoms with Crippen LogP contribution in [-0.4, -0.2) is 29.2 Å². The molecule has 1 fully saturated rings. The molecule has 0 amide bonds. The predicted molar refractivity (Wildman–Crippen MR) is 141 cm³/mol. The molecule has 3 aromatic rings. The Hall–Kier alpha value is -2.43. The van der Waals surface area contributed by atoms with Gasteiger partial charge >= 0.3 is 0 Å². The highest BCUT2D eigenvalue weighted by Crippen LogP contribution is 2.36. The van der Waals surface area contributed by atoms with Crippen LogP contribution in [-0.2, 0) is 12.8 Å². The van der Waals surface area contributed by atoms with Crippen molar-refractivity contribution in [1.29, 1.82) is 0 Å². The largest absolute Gasteiger partial charge is 0.317 e. The van der Waals surface area contributed by atoms with Gasteiger partial charge in [-0.1, -0.05) is 54.3 Å². The maximum atomic E-state index is 11.8. The average molecular weight is 478 g/mol. The first kappa shape index (κ1) is 24.7. The number of hydrogen-bond donors (Lipinski definition) is 1. The number of aldehydes is 1. The number of aromatic nitrogens is 2. The minimum Gasteiger partial charge on any atom is -0.317 e. The lowest BCUT2D eigenvalue weighted by Gasteiger charge is -2.23. The summed E-state index contributed by atoms with van der Waals surface area (Å²) in [5.41, 5.74) is 7.68. The van der Waals surface area contributed by atoms with Crippen LogP contribution in [0.1, 0.15) is 82.9 Å². The molecule has 2 aliphatic rings. The topological polar surface area (TPSA) is 46.9 Å². The van der Waals surface area contributed by atoms with Crippen molar-refractivity contribution in [3.8, 4) is 5.69 Å². The van der Waals surface area contributed by atoms with Crippen molar-refractivity contribution >= 4 is 17.9 Å². The van der Waals surface area contributed by atoms with Crippen molar-refractivity contribution in [2.75, 3.05) is 7.05 Å². The third-order valence-electron chi connectivity index (χ3n) is 7.27. The summed E-state index contributed by atoms with van der Waals surface area (Å²) >= 11 is 6.07. The van der Waals surface area contributed by atoms with Gasteiger partial charge in [-0.15, -0.1) is 0 Å². The van der Waals surface area contributed by atoms with Crippen LogP contribution in [0.2, 0.25) is 5.02 Å². The summed E-state index contributed by atoms with van der Waals surface area (Å²) in [6.07, 6.45) is 10.4. The number of fused-ring (bicyclic) bond motifs is 1. The number of benzene rings is 2. The van der Waals surface area contributed by atoms with E-state index in [4.69, 9.17) is 16.7 Å². The van der Waals surface area contributed by atoms with Crippen LogP contribution in [0.3, 0.4) is 0 Å². The van der Waals surface area contributed by atoms with Crippen molar-refractivity contribution in [2.45, 2.75) is 77.2 Å². The van der Waals surface area contributed by atoms with Crippen LogP contribution in [0.15, 0.2) is 42.5 Å². The normalized spacial score (nSPS) is 17.7. The predicted octanol–water partition coefficient (Wildman–Crippen LogP) is 6.77. The lowest BCUT2D eigenvalue weighted by Crippen LogP contribution is -2.31. The van der Waals surface area contributed by atoms with Crippen molar-refractivity contribution in [1.82, 2.24) is 15.1 Å². The van der Waals surface area contributed by atoms with Crippen molar-refractivity contribution in [2.24, 2.45) is 0 Å². The van der Waals surface area contributed by atoms with E-state index in [9.17, 15) is 4.79 Å². The Labute approximate surface area is 208 Å². The lowest BCUT2D eigenvalue weighted by molar-refractivity contribution is 0.111. The molecule has 2 aliphatic carbocycles. The van der Waals surface area contributed by atoms with Gasteiger partial charge in [-0.25, -0.2) is 4.68 Å². The summed E-state index contributed by atoms with van der Waals surface area (Å²) in [5.74, 6) is 0.334. The standard InChI is InChI=1S/C24H25ClN2O.C5H11N/c1-16-7-12-23(17(2)13-16)27-24-19(14-18-8-10-20(25)11-9-18)5-3-4-6-21(24)22(15-28)26-27;1-6-5-3-2-4-5/h7-13,15,19H,3-6,14H2,1-2H3;5-6H,2-4H2,1H3. The SMILES string of the molecule is CNC1CCC1.Cc1ccc(-n2nc(C=O)c3c2C(Cc2ccc(Cl)cc2)CCCC3)c(C)c1. The van der Waals surface area contributed by atoms with Crippen molar-refractivity contribution in [3.63, 3.8) is 0 Å². The summed E-state index contributed by atoms with van der Waals surface area (Å²) in [4.78, 5) is 11.8. The fourth-order valence-electron chi connectivity index (χ4n) is 5.11. The molecule has 180 valence electrons. The Kier molecular flexibility index (Phi) is 8.23. The third kappa shape index (κ3) is 5.61. The summed E-state index contributed by atoms with van der Waals surface area (Å²) in [6, 6.07) is 15.4. The van der Waals surface area contributed by atoms with E-state index in [0.29, 0.717) is 11.6 Å². The zero-order chi connectivity index (χ0) is 24.1. The van der Waals surface area contributed by atoms with E-state index in [0.717, 1.165) is 60.7 Å². The Bertz CT molecular complexity index is 1110. The number of carbonyl (C=O) groups is 1. The number of nitrogens with one attached hydrogen (secondary N) is 1. The Morgan fingerprint density at radius 2 is 1.82 bits per heavy atom. The van der Waals surface area contributed by atoms with Gasteiger partial charge < -0.3 is 5.32 Å². The Morgan fingerprint density at radius 3 is 2.41 bits per heavy atom. The average Bonchev–Trinajstić information content (AvgIpc) is 3.02. The smallest absolute Gasteiger partial charge is 0.170 e. The van der Waals surface area contributed by atoms with E-state index in [1.54, 1.807) is 0 Å². The number of rotatable bonds is 5. The first-order valence-corrected chi connectivity index (χ1v) is 12.9. The first-order chi connectivity index (χ1) is 16.5. The molecule has 1 N–H and O–H groups in total. The molecule has 0 bridgehead atoms. The first-order valence-electron chi connectivity index (χ1n) is 12.6. The molecule has 4 nitrogen and oxygen atoms in total. The summed E-state index contributed by atoms with van der Waals surface area (Å²) in [6.45, 7) is 4.21. The highest BCUT2D eigenvalue weighted by Gasteiger charge is 2.28. The highest BCUT2D eigenvalue weighted by atomic mass is 35.5. The minimum atomic E-state index is 0.334. The zero-order valence-corrected chi connectivity index (χ0v) is 21.4. The second-order valence-electron chi connectivity index (χ2n) is 9.76. The van der Waals surface area contributed by atoms with E-state index in [2.05, 4.69) is 49.5 Å². The lowest BCUT2D eigenvalue weighted by atomic mass is 9.91. The van der Waals surface area contributed by atoms with Gasteiger partial charge in [0, 0.05) is 22.5 Å². The van der Waals surface area contributed by atoms with Crippen molar-refractivity contribution in [3.05, 3.63) is 81.1 Å². The molecule has 1 atom stereocenters. The molecule has 1 saturated carbocycles. The van der Waals surface area contributed by atoms with Gasteiger partial charge in [0.15, 0.2) is 6.29 Å². The van der Waals surface area contributed by atoms with Gasteiger partial charge in [-0.05, 0) is 88.7 Å². The quantitative estimate of drug-likeness (QED) is 0.326. The molecule has 0 saturated heterocycles. The van der Waals surface area contributed by atoms with Gasteiger partial charge in [0.2, 0.25) is 0 Å². The molecular weight excluding hydrogens is 442 g/mol. The number of halogens is 1. The summed E-state index contributed by atoms with van der Waals surface area (Å²) in [7, 11) is 2.03. The van der Waals surface area contributed by atoms with Crippen LogP contribution < -0.4 is 5.32 Å². The van der Waals surface area contributed by atoms with E-state index in [1.807, 2.05) is 23.9 Å². The van der Waals surface area contributed by atoms with E-state index < -0.39 is 0 Å². The fourth-order valence-corrected chi connectivity index (χ4v) is 5.23. The maximum absolute atomic E-state index is 11.8. The number of nitrogens with zero attached hydrogens (tertiary/aromatic N) is 2. The van der Waals surface area contributed by atoms with Gasteiger partial charge in [0.25, 0.3) is 0 Å². The van der Waals surface area contributed by atoms with Gasteiger partial charge in [0.05, 0.1) is 11.4 Å². The molecule has 0 radical (unpaired) electrons. The summed E-state index contributed by atoms with van der Waals surface area (Å²) < 4.78 is 2.04. The molecule has 2 aromatic carbocycles. The van der Waals surface area contributed by atoms with E-state index >= 15 is 0 Å². The zero-order valence-electron chi connectivity index (χ0n) is 20.6. The van der Waals surface area contributed by atoms with Crippen LogP contribution in [0.5, 0.6) is 0 Å². The van der Waals surface area contributed by atoms with Crippen LogP contribution >= 0.6 is 11.6 Å². The second kappa shape index (κ2) is 11.3. The Balaban J connectivity index is 0.000000398.